The second-order valence-corrected chi connectivity index (χ2v) is 11.7. The van der Waals surface area contributed by atoms with E-state index in [9.17, 15) is 8.42 Å². The molecule has 0 aliphatic carbocycles. The third-order valence-electron chi connectivity index (χ3n) is 6.04. The standard InChI is InChI=1S/C26H32N4O2S2/c1-5-15-30-23-14-13-21(34(31,32)29(3)4)17-22(23)28-25(30)18-27-26(24-8-7-16-33-24)20-11-9-19(6-2)10-12-20/h7-14,16-17,26-27H,5-6,15,18H2,1-4H3/t26-/m1/s1. The van der Waals surface area contributed by atoms with Crippen LogP contribution in [0.15, 0.2) is 64.9 Å². The van der Waals surface area contributed by atoms with Crippen LogP contribution in [-0.4, -0.2) is 36.4 Å². The molecule has 4 rings (SSSR count). The van der Waals surface area contributed by atoms with Crippen LogP contribution in [0.4, 0.5) is 0 Å². The van der Waals surface area contributed by atoms with Crippen molar-refractivity contribution in [2.24, 2.45) is 0 Å². The molecule has 2 aromatic heterocycles. The molecule has 0 amide bonds. The summed E-state index contributed by atoms with van der Waals surface area (Å²) in [6.07, 6.45) is 1.98. The van der Waals surface area contributed by atoms with Crippen molar-refractivity contribution in [3.63, 3.8) is 0 Å². The maximum Gasteiger partial charge on any atom is 0.242 e. The monoisotopic (exact) mass is 496 g/mol. The lowest BCUT2D eigenvalue weighted by Gasteiger charge is -2.19. The van der Waals surface area contributed by atoms with E-state index in [0.29, 0.717) is 12.1 Å². The zero-order chi connectivity index (χ0) is 24.3. The number of sulfonamides is 1. The highest BCUT2D eigenvalue weighted by Crippen LogP contribution is 2.28. The predicted octanol–water partition coefficient (Wildman–Crippen LogP) is 5.20. The lowest BCUT2D eigenvalue weighted by molar-refractivity contribution is 0.521. The van der Waals surface area contributed by atoms with Gasteiger partial charge in [-0.05, 0) is 53.6 Å². The first-order valence-electron chi connectivity index (χ1n) is 11.6. The Morgan fingerprint density at radius 2 is 1.85 bits per heavy atom. The lowest BCUT2D eigenvalue weighted by Crippen LogP contribution is -2.23. The molecule has 0 saturated heterocycles. The van der Waals surface area contributed by atoms with Crippen molar-refractivity contribution in [2.75, 3.05) is 14.1 Å². The van der Waals surface area contributed by atoms with Gasteiger partial charge in [-0.3, -0.25) is 5.32 Å². The number of hydrogen-bond acceptors (Lipinski definition) is 5. The van der Waals surface area contributed by atoms with Gasteiger partial charge in [-0.25, -0.2) is 17.7 Å². The third-order valence-corrected chi connectivity index (χ3v) is 8.79. The maximum absolute atomic E-state index is 12.6. The minimum atomic E-state index is -3.51. The molecule has 1 atom stereocenters. The Morgan fingerprint density at radius 3 is 2.47 bits per heavy atom. The summed E-state index contributed by atoms with van der Waals surface area (Å²) in [4.78, 5) is 6.37. The topological polar surface area (TPSA) is 67.2 Å². The Balaban J connectivity index is 1.68. The molecule has 0 bridgehead atoms. The summed E-state index contributed by atoms with van der Waals surface area (Å²) < 4.78 is 28.7. The Hall–Kier alpha value is -2.52. The molecule has 0 radical (unpaired) electrons. The highest BCUT2D eigenvalue weighted by molar-refractivity contribution is 7.89. The highest BCUT2D eigenvalue weighted by Gasteiger charge is 2.21. The summed E-state index contributed by atoms with van der Waals surface area (Å²) >= 11 is 1.74. The predicted molar refractivity (Wildman–Crippen MR) is 140 cm³/mol. The van der Waals surface area contributed by atoms with Crippen LogP contribution in [0.1, 0.15) is 48.1 Å². The van der Waals surface area contributed by atoms with Crippen LogP contribution >= 0.6 is 11.3 Å². The van der Waals surface area contributed by atoms with E-state index in [1.54, 1.807) is 37.6 Å². The number of nitrogens with one attached hydrogen (secondary N) is 1. The third kappa shape index (κ3) is 4.95. The summed E-state index contributed by atoms with van der Waals surface area (Å²) in [7, 11) is -0.424. The van der Waals surface area contributed by atoms with Gasteiger partial charge in [0.15, 0.2) is 0 Å². The summed E-state index contributed by atoms with van der Waals surface area (Å²) in [6, 6.07) is 18.3. The normalized spacial score (nSPS) is 13.1. The number of rotatable bonds is 10. The van der Waals surface area contributed by atoms with Gasteiger partial charge in [-0.1, -0.05) is 44.2 Å². The molecular formula is C26H32N4O2S2. The quantitative estimate of drug-likeness (QED) is 0.328. The van der Waals surface area contributed by atoms with Gasteiger partial charge in [0, 0.05) is 25.5 Å². The smallest absolute Gasteiger partial charge is 0.242 e. The highest BCUT2D eigenvalue weighted by atomic mass is 32.2. The van der Waals surface area contributed by atoms with Crippen molar-refractivity contribution in [3.8, 4) is 0 Å². The van der Waals surface area contributed by atoms with Gasteiger partial charge in [-0.15, -0.1) is 11.3 Å². The van der Waals surface area contributed by atoms with Gasteiger partial charge in [0.25, 0.3) is 0 Å². The number of nitrogens with zero attached hydrogens (tertiary/aromatic N) is 3. The van der Waals surface area contributed by atoms with E-state index in [1.165, 1.54) is 20.3 Å². The minimum Gasteiger partial charge on any atom is -0.327 e. The van der Waals surface area contributed by atoms with Crippen molar-refractivity contribution in [1.82, 2.24) is 19.2 Å². The van der Waals surface area contributed by atoms with E-state index < -0.39 is 10.0 Å². The molecule has 0 aliphatic rings. The zero-order valence-electron chi connectivity index (χ0n) is 20.2. The molecule has 8 heteroatoms. The fraction of sp³-hybridized carbons (Fsp3) is 0.346. The Bertz CT molecular complexity index is 1340. The SMILES string of the molecule is CCCn1c(CN[C@H](c2ccc(CC)cc2)c2cccs2)nc2cc(S(=O)(=O)N(C)C)ccc21. The molecular weight excluding hydrogens is 464 g/mol. The van der Waals surface area contributed by atoms with Crippen LogP contribution in [0, 0.1) is 0 Å². The largest absolute Gasteiger partial charge is 0.327 e. The second kappa shape index (κ2) is 10.4. The van der Waals surface area contributed by atoms with E-state index in [4.69, 9.17) is 4.98 Å². The summed E-state index contributed by atoms with van der Waals surface area (Å²) in [6.45, 7) is 5.69. The van der Waals surface area contributed by atoms with E-state index in [-0.39, 0.29) is 10.9 Å². The number of aromatic nitrogens is 2. The number of benzene rings is 2. The molecule has 0 aliphatic heterocycles. The average molecular weight is 497 g/mol. The summed E-state index contributed by atoms with van der Waals surface area (Å²) in [5.41, 5.74) is 4.20. The van der Waals surface area contributed by atoms with Crippen LogP contribution in [0.2, 0.25) is 0 Å². The van der Waals surface area contributed by atoms with Gasteiger partial charge in [-0.2, -0.15) is 0 Å². The lowest BCUT2D eigenvalue weighted by atomic mass is 10.0. The van der Waals surface area contributed by atoms with Gasteiger partial charge in [0.05, 0.1) is 28.5 Å². The number of imidazole rings is 1. The number of hydrogen-bond donors (Lipinski definition) is 1. The molecule has 0 saturated carbocycles. The van der Waals surface area contributed by atoms with Crippen molar-refractivity contribution in [2.45, 2.75) is 50.7 Å². The van der Waals surface area contributed by atoms with E-state index in [1.807, 2.05) is 6.07 Å². The van der Waals surface area contributed by atoms with Gasteiger partial charge in [0.1, 0.15) is 5.82 Å². The molecule has 0 fully saturated rings. The van der Waals surface area contributed by atoms with Crippen LogP contribution < -0.4 is 5.32 Å². The molecule has 2 aromatic carbocycles. The zero-order valence-corrected chi connectivity index (χ0v) is 21.8. The number of thiophene rings is 1. The maximum atomic E-state index is 12.6. The molecule has 2 heterocycles. The molecule has 1 N–H and O–H groups in total. The molecule has 0 spiro atoms. The minimum absolute atomic E-state index is 0.0606. The first kappa shape index (κ1) is 24.6. The number of fused-ring (bicyclic) bond motifs is 1. The summed E-state index contributed by atoms with van der Waals surface area (Å²) in [5, 5.41) is 5.82. The summed E-state index contributed by atoms with van der Waals surface area (Å²) in [5.74, 6) is 0.906. The second-order valence-electron chi connectivity index (χ2n) is 8.54. The molecule has 0 unspecified atom stereocenters. The van der Waals surface area contributed by atoms with Crippen LogP contribution in [0.5, 0.6) is 0 Å². The van der Waals surface area contributed by atoms with Crippen LogP contribution in [0.3, 0.4) is 0 Å². The van der Waals surface area contributed by atoms with Crippen molar-refractivity contribution in [3.05, 3.63) is 81.8 Å². The number of aryl methyl sites for hydroxylation is 2. The Kier molecular flexibility index (Phi) is 7.52. The molecule has 180 valence electrons. The fourth-order valence-corrected chi connectivity index (χ4v) is 5.87. The van der Waals surface area contributed by atoms with Gasteiger partial charge in [0.2, 0.25) is 10.0 Å². The molecule has 6 nitrogen and oxygen atoms in total. The Labute approximate surface area is 206 Å². The molecule has 34 heavy (non-hydrogen) atoms. The fourth-order valence-electron chi connectivity index (χ4n) is 4.12. The molecule has 4 aromatic rings. The first-order chi connectivity index (χ1) is 16.3. The van der Waals surface area contributed by atoms with Gasteiger partial charge >= 0.3 is 0 Å². The average Bonchev–Trinajstić information content (AvgIpc) is 3.48. The van der Waals surface area contributed by atoms with Crippen LogP contribution in [-0.2, 0) is 29.5 Å². The first-order valence-corrected chi connectivity index (χ1v) is 13.9. The Morgan fingerprint density at radius 1 is 1.09 bits per heavy atom. The van der Waals surface area contributed by atoms with Crippen molar-refractivity contribution in [1.29, 1.82) is 0 Å². The van der Waals surface area contributed by atoms with E-state index in [2.05, 4.69) is 65.5 Å². The van der Waals surface area contributed by atoms with Crippen molar-refractivity contribution >= 4 is 32.4 Å². The van der Waals surface area contributed by atoms with Crippen LogP contribution in [0.25, 0.3) is 11.0 Å². The van der Waals surface area contributed by atoms with E-state index >= 15 is 0 Å². The van der Waals surface area contributed by atoms with Crippen molar-refractivity contribution < 1.29 is 8.42 Å². The van der Waals surface area contributed by atoms with Gasteiger partial charge < -0.3 is 4.57 Å². The van der Waals surface area contributed by atoms with E-state index in [0.717, 1.165) is 30.7 Å².